The summed E-state index contributed by atoms with van der Waals surface area (Å²) < 4.78 is 1.51. The lowest BCUT2D eigenvalue weighted by Gasteiger charge is -2.14. The summed E-state index contributed by atoms with van der Waals surface area (Å²) in [6.45, 7) is 4.41. The zero-order valence-corrected chi connectivity index (χ0v) is 11.4. The number of urea groups is 1. The van der Waals surface area contributed by atoms with Crippen LogP contribution in [0.15, 0.2) is 24.5 Å². The van der Waals surface area contributed by atoms with E-state index in [4.69, 9.17) is 0 Å². The molecule has 20 heavy (non-hydrogen) atoms. The minimum Gasteiger partial charge on any atom is -0.335 e. The molecule has 1 unspecified atom stereocenters. The van der Waals surface area contributed by atoms with E-state index in [-0.39, 0.29) is 12.1 Å². The predicted molar refractivity (Wildman–Crippen MR) is 73.0 cm³/mol. The monoisotopic (exact) mass is 275 g/mol. The third-order valence-corrected chi connectivity index (χ3v) is 2.70. The highest BCUT2D eigenvalue weighted by atomic mass is 16.2. The molecule has 0 aliphatic rings. The largest absolute Gasteiger partial charge is 0.335 e. The molecule has 0 saturated carbocycles. The molecule has 2 heterocycles. The summed E-state index contributed by atoms with van der Waals surface area (Å²) in [5, 5.41) is 16.4. The SMILES string of the molecule is CCn1nnnc1NC(=O)NC(C)Cc1cccnc1. The standard InChI is InChI=1S/C12H17N7O/c1-3-19-11(16-17-18-19)15-12(20)14-9(2)7-10-5-4-6-13-8-10/h4-6,8-9H,3,7H2,1-2H3,(H2,14,15,16,18,20). The number of hydrogen-bond donors (Lipinski definition) is 2. The lowest BCUT2D eigenvalue weighted by atomic mass is 10.1. The second kappa shape index (κ2) is 6.60. The van der Waals surface area contributed by atoms with Crippen LogP contribution in [0, 0.1) is 0 Å². The molecule has 0 aliphatic heterocycles. The fourth-order valence-corrected chi connectivity index (χ4v) is 1.79. The van der Waals surface area contributed by atoms with Crippen molar-refractivity contribution in [2.24, 2.45) is 0 Å². The van der Waals surface area contributed by atoms with E-state index in [0.717, 1.165) is 5.56 Å². The Morgan fingerprint density at radius 1 is 1.50 bits per heavy atom. The number of aromatic nitrogens is 5. The summed E-state index contributed by atoms with van der Waals surface area (Å²) in [6.07, 6.45) is 4.21. The molecule has 0 bridgehead atoms. The number of pyridine rings is 1. The van der Waals surface area contributed by atoms with Gasteiger partial charge in [0.05, 0.1) is 0 Å². The highest BCUT2D eigenvalue weighted by Crippen LogP contribution is 2.02. The zero-order chi connectivity index (χ0) is 14.4. The number of nitrogens with one attached hydrogen (secondary N) is 2. The van der Waals surface area contributed by atoms with Gasteiger partial charge in [0.25, 0.3) is 5.95 Å². The number of rotatable bonds is 5. The van der Waals surface area contributed by atoms with Crippen LogP contribution in [0.1, 0.15) is 19.4 Å². The highest BCUT2D eigenvalue weighted by molar-refractivity contribution is 5.87. The number of anilines is 1. The predicted octanol–water partition coefficient (Wildman–Crippen LogP) is 0.841. The maximum atomic E-state index is 11.8. The van der Waals surface area contributed by atoms with Crippen LogP contribution in [0.25, 0.3) is 0 Å². The molecule has 2 N–H and O–H groups in total. The number of carbonyl (C=O) groups excluding carboxylic acids is 1. The average Bonchev–Trinajstić information content (AvgIpc) is 2.86. The lowest BCUT2D eigenvalue weighted by molar-refractivity contribution is 0.249. The Morgan fingerprint density at radius 2 is 2.35 bits per heavy atom. The first-order valence-corrected chi connectivity index (χ1v) is 6.41. The van der Waals surface area contributed by atoms with Crippen LogP contribution in [0.2, 0.25) is 0 Å². The molecule has 2 amide bonds. The van der Waals surface area contributed by atoms with Crippen LogP contribution in [-0.4, -0.2) is 37.3 Å². The molecule has 8 nitrogen and oxygen atoms in total. The van der Waals surface area contributed by atoms with Crippen molar-refractivity contribution in [3.8, 4) is 0 Å². The highest BCUT2D eigenvalue weighted by Gasteiger charge is 2.11. The number of carbonyl (C=O) groups is 1. The van der Waals surface area contributed by atoms with Crippen molar-refractivity contribution in [1.29, 1.82) is 0 Å². The van der Waals surface area contributed by atoms with Gasteiger partial charge in [-0.15, -0.1) is 0 Å². The molecule has 2 rings (SSSR count). The van der Waals surface area contributed by atoms with Crippen molar-refractivity contribution in [3.63, 3.8) is 0 Å². The maximum Gasteiger partial charge on any atom is 0.321 e. The molecule has 0 fully saturated rings. The van der Waals surface area contributed by atoms with E-state index in [0.29, 0.717) is 18.9 Å². The number of hydrogen-bond acceptors (Lipinski definition) is 5. The summed E-state index contributed by atoms with van der Waals surface area (Å²) in [4.78, 5) is 15.9. The van der Waals surface area contributed by atoms with E-state index in [1.807, 2.05) is 26.0 Å². The van der Waals surface area contributed by atoms with Crippen molar-refractivity contribution in [2.45, 2.75) is 32.9 Å². The molecule has 106 valence electrons. The molecular weight excluding hydrogens is 258 g/mol. The van der Waals surface area contributed by atoms with E-state index in [1.165, 1.54) is 4.68 Å². The fourth-order valence-electron chi connectivity index (χ4n) is 1.79. The first-order valence-electron chi connectivity index (χ1n) is 6.41. The van der Waals surface area contributed by atoms with Crippen molar-refractivity contribution in [3.05, 3.63) is 30.1 Å². The third kappa shape index (κ3) is 3.74. The smallest absolute Gasteiger partial charge is 0.321 e. The van der Waals surface area contributed by atoms with Gasteiger partial charge in [0.15, 0.2) is 0 Å². The minimum atomic E-state index is -0.328. The topological polar surface area (TPSA) is 97.6 Å². The Morgan fingerprint density at radius 3 is 3.05 bits per heavy atom. The van der Waals surface area contributed by atoms with E-state index in [1.54, 1.807) is 12.4 Å². The molecule has 0 aliphatic carbocycles. The number of aryl methyl sites for hydroxylation is 1. The van der Waals surface area contributed by atoms with Crippen molar-refractivity contribution < 1.29 is 4.79 Å². The average molecular weight is 275 g/mol. The number of amides is 2. The molecule has 0 spiro atoms. The van der Waals surface area contributed by atoms with Crippen LogP contribution in [0.4, 0.5) is 10.7 Å². The van der Waals surface area contributed by atoms with Gasteiger partial charge in [0.1, 0.15) is 0 Å². The second-order valence-corrected chi connectivity index (χ2v) is 4.38. The second-order valence-electron chi connectivity index (χ2n) is 4.38. The summed E-state index contributed by atoms with van der Waals surface area (Å²) in [5.74, 6) is 0.332. The van der Waals surface area contributed by atoms with E-state index < -0.39 is 0 Å². The van der Waals surface area contributed by atoms with Gasteiger partial charge in [-0.3, -0.25) is 10.3 Å². The normalized spacial score (nSPS) is 11.9. The Hall–Kier alpha value is -2.51. The molecule has 1 atom stereocenters. The molecule has 8 heteroatoms. The van der Waals surface area contributed by atoms with Crippen LogP contribution in [0.5, 0.6) is 0 Å². The quantitative estimate of drug-likeness (QED) is 0.842. The van der Waals surface area contributed by atoms with E-state index >= 15 is 0 Å². The summed E-state index contributed by atoms with van der Waals surface area (Å²) >= 11 is 0. The minimum absolute atomic E-state index is 0.0230. The van der Waals surface area contributed by atoms with Crippen LogP contribution < -0.4 is 10.6 Å². The van der Waals surface area contributed by atoms with Gasteiger partial charge in [-0.2, -0.15) is 0 Å². The number of tetrazole rings is 1. The van der Waals surface area contributed by atoms with Gasteiger partial charge >= 0.3 is 6.03 Å². The Balaban J connectivity index is 1.85. The van der Waals surface area contributed by atoms with Crippen molar-refractivity contribution >= 4 is 12.0 Å². The summed E-state index contributed by atoms with van der Waals surface area (Å²) in [6, 6.07) is 3.49. The van der Waals surface area contributed by atoms with Gasteiger partial charge < -0.3 is 5.32 Å². The van der Waals surface area contributed by atoms with Gasteiger partial charge in [-0.1, -0.05) is 11.2 Å². The molecule has 0 aromatic carbocycles. The Labute approximate surface area is 116 Å². The number of nitrogens with zero attached hydrogens (tertiary/aromatic N) is 5. The summed E-state index contributed by atoms with van der Waals surface area (Å²) in [5.41, 5.74) is 1.07. The molecule has 2 aromatic rings. The molecule has 0 saturated heterocycles. The Bertz CT molecular complexity index is 554. The van der Waals surface area contributed by atoms with Gasteiger partial charge in [0, 0.05) is 25.0 Å². The third-order valence-electron chi connectivity index (χ3n) is 2.70. The van der Waals surface area contributed by atoms with Crippen molar-refractivity contribution in [1.82, 2.24) is 30.5 Å². The fraction of sp³-hybridized carbons (Fsp3) is 0.417. The maximum absolute atomic E-state index is 11.8. The molecular formula is C12H17N7O. The van der Waals surface area contributed by atoms with E-state index in [2.05, 4.69) is 31.1 Å². The molecule has 2 aromatic heterocycles. The van der Waals surface area contributed by atoms with Crippen molar-refractivity contribution in [2.75, 3.05) is 5.32 Å². The first-order chi connectivity index (χ1) is 9.69. The van der Waals surface area contributed by atoms with Crippen LogP contribution >= 0.6 is 0 Å². The Kier molecular flexibility index (Phi) is 4.59. The van der Waals surface area contributed by atoms with Crippen LogP contribution in [-0.2, 0) is 13.0 Å². The first kappa shape index (κ1) is 13.9. The molecule has 0 radical (unpaired) electrons. The van der Waals surface area contributed by atoms with Gasteiger partial charge in [0.2, 0.25) is 0 Å². The summed E-state index contributed by atoms with van der Waals surface area (Å²) in [7, 11) is 0. The zero-order valence-electron chi connectivity index (χ0n) is 11.4. The van der Waals surface area contributed by atoms with Crippen LogP contribution in [0.3, 0.4) is 0 Å². The van der Waals surface area contributed by atoms with Gasteiger partial charge in [-0.05, 0) is 42.3 Å². The van der Waals surface area contributed by atoms with E-state index in [9.17, 15) is 4.79 Å². The van der Waals surface area contributed by atoms with Gasteiger partial charge in [-0.25, -0.2) is 9.48 Å². The lowest BCUT2D eigenvalue weighted by Crippen LogP contribution is -2.38.